The second-order valence-corrected chi connectivity index (χ2v) is 6.53. The van der Waals surface area contributed by atoms with Gasteiger partial charge < -0.3 is 5.32 Å². The minimum absolute atomic E-state index is 0.198. The van der Waals surface area contributed by atoms with Crippen LogP contribution in [0.3, 0.4) is 0 Å². The fourth-order valence-corrected chi connectivity index (χ4v) is 3.12. The lowest BCUT2D eigenvalue weighted by molar-refractivity contribution is -0.120. The third-order valence-electron chi connectivity index (χ3n) is 4.55. The highest BCUT2D eigenvalue weighted by Gasteiger charge is 2.40. The zero-order chi connectivity index (χ0) is 19.7. The van der Waals surface area contributed by atoms with E-state index in [1.807, 2.05) is 61.5 Å². The van der Waals surface area contributed by atoms with Gasteiger partial charge in [-0.1, -0.05) is 48.0 Å². The van der Waals surface area contributed by atoms with Crippen LogP contribution in [0.15, 0.2) is 84.6 Å². The molecule has 0 unspecified atom stereocenters. The molecule has 4 nitrogen and oxygen atoms in total. The van der Waals surface area contributed by atoms with E-state index in [-0.39, 0.29) is 11.3 Å². The fourth-order valence-electron chi connectivity index (χ4n) is 3.12. The van der Waals surface area contributed by atoms with Crippen LogP contribution in [-0.2, 0) is 9.59 Å². The van der Waals surface area contributed by atoms with E-state index in [2.05, 4.69) is 5.32 Å². The second-order valence-electron chi connectivity index (χ2n) is 6.53. The Morgan fingerprint density at radius 3 is 2.07 bits per heavy atom. The lowest BCUT2D eigenvalue weighted by Gasteiger charge is -2.15. The number of hydrogen-bond donors (Lipinski definition) is 1. The summed E-state index contributed by atoms with van der Waals surface area (Å²) in [6.07, 6.45) is 0. The molecule has 0 aromatic heterocycles. The van der Waals surface area contributed by atoms with Crippen molar-refractivity contribution in [3.8, 4) is 0 Å². The highest BCUT2D eigenvalue weighted by molar-refractivity contribution is 6.46. The Kier molecular flexibility index (Phi) is 4.49. The lowest BCUT2D eigenvalue weighted by Crippen LogP contribution is -2.32. The van der Waals surface area contributed by atoms with Crippen LogP contribution >= 0.6 is 0 Å². The van der Waals surface area contributed by atoms with E-state index < -0.39 is 17.6 Å². The van der Waals surface area contributed by atoms with E-state index in [4.69, 9.17) is 0 Å². The van der Waals surface area contributed by atoms with Crippen molar-refractivity contribution in [1.82, 2.24) is 0 Å². The number of carbonyl (C=O) groups is 2. The molecule has 3 aromatic carbocycles. The topological polar surface area (TPSA) is 49.4 Å². The average Bonchev–Trinajstić information content (AvgIpc) is 2.94. The lowest BCUT2D eigenvalue weighted by atomic mass is 10.0. The van der Waals surface area contributed by atoms with Gasteiger partial charge in [0.05, 0.1) is 11.3 Å². The Morgan fingerprint density at radius 2 is 1.43 bits per heavy atom. The molecule has 28 heavy (non-hydrogen) atoms. The van der Waals surface area contributed by atoms with E-state index in [1.54, 1.807) is 0 Å². The van der Waals surface area contributed by atoms with E-state index in [0.29, 0.717) is 16.9 Å². The maximum atomic E-state index is 13.3. The number of hydrogen-bond acceptors (Lipinski definition) is 3. The van der Waals surface area contributed by atoms with Gasteiger partial charge in [-0.25, -0.2) is 9.29 Å². The summed E-state index contributed by atoms with van der Waals surface area (Å²) in [6.45, 7) is 1.95. The second kappa shape index (κ2) is 7.12. The molecule has 138 valence electrons. The van der Waals surface area contributed by atoms with Crippen molar-refractivity contribution < 1.29 is 14.0 Å². The summed E-state index contributed by atoms with van der Waals surface area (Å²) in [5, 5.41) is 3.09. The fraction of sp³-hybridized carbons (Fsp3) is 0.0435. The van der Waals surface area contributed by atoms with Gasteiger partial charge in [-0.05, 0) is 48.9 Å². The van der Waals surface area contributed by atoms with Crippen LogP contribution in [0.4, 0.5) is 15.8 Å². The van der Waals surface area contributed by atoms with Gasteiger partial charge in [0.2, 0.25) is 0 Å². The number of halogens is 1. The molecule has 0 aliphatic carbocycles. The standard InChI is InChI=1S/C23H17FN2O2/c1-15-7-9-16(10-8-15)20-21(25-18-5-3-2-4-6-18)23(28)26(22(20)27)19-13-11-17(24)12-14-19/h2-14,25H,1H3. The molecule has 0 atom stereocenters. The van der Waals surface area contributed by atoms with Crippen molar-refractivity contribution in [2.24, 2.45) is 0 Å². The van der Waals surface area contributed by atoms with Crippen molar-refractivity contribution in [3.63, 3.8) is 0 Å². The van der Waals surface area contributed by atoms with Crippen molar-refractivity contribution in [2.75, 3.05) is 10.2 Å². The van der Waals surface area contributed by atoms with Gasteiger partial charge in [0.1, 0.15) is 11.5 Å². The average molecular weight is 372 g/mol. The summed E-state index contributed by atoms with van der Waals surface area (Å²) in [4.78, 5) is 27.4. The molecule has 0 saturated carbocycles. The molecule has 5 heteroatoms. The van der Waals surface area contributed by atoms with E-state index in [0.717, 1.165) is 10.5 Å². The monoisotopic (exact) mass is 372 g/mol. The molecular formula is C23H17FN2O2. The summed E-state index contributed by atoms with van der Waals surface area (Å²) in [5.74, 6) is -1.35. The number of nitrogens with zero attached hydrogens (tertiary/aromatic N) is 1. The number of amides is 2. The molecule has 1 aliphatic heterocycles. The van der Waals surface area contributed by atoms with Gasteiger partial charge in [-0.2, -0.15) is 0 Å². The SMILES string of the molecule is Cc1ccc(C2=C(Nc3ccccc3)C(=O)N(c3ccc(F)cc3)C2=O)cc1. The Balaban J connectivity index is 1.81. The van der Waals surface area contributed by atoms with Crippen LogP contribution in [0, 0.1) is 12.7 Å². The van der Waals surface area contributed by atoms with Gasteiger partial charge in [0.25, 0.3) is 11.8 Å². The molecule has 0 saturated heterocycles. The van der Waals surface area contributed by atoms with Gasteiger partial charge in [-0.15, -0.1) is 0 Å². The Morgan fingerprint density at radius 1 is 0.786 bits per heavy atom. The van der Waals surface area contributed by atoms with Crippen LogP contribution in [0.25, 0.3) is 5.57 Å². The summed E-state index contributed by atoms with van der Waals surface area (Å²) >= 11 is 0. The summed E-state index contributed by atoms with van der Waals surface area (Å²) in [5.41, 5.74) is 3.21. The number of rotatable bonds is 4. The molecule has 0 radical (unpaired) electrons. The summed E-state index contributed by atoms with van der Waals surface area (Å²) in [6, 6.07) is 21.9. The molecule has 1 N–H and O–H groups in total. The number of para-hydroxylation sites is 1. The minimum atomic E-state index is -0.476. The molecule has 0 bridgehead atoms. The molecule has 3 aromatic rings. The first-order valence-corrected chi connectivity index (χ1v) is 8.82. The number of anilines is 2. The predicted molar refractivity (Wildman–Crippen MR) is 107 cm³/mol. The number of nitrogens with one attached hydrogen (secondary N) is 1. The van der Waals surface area contributed by atoms with Crippen molar-refractivity contribution in [2.45, 2.75) is 6.92 Å². The van der Waals surface area contributed by atoms with E-state index in [9.17, 15) is 14.0 Å². The molecule has 2 amide bonds. The quantitative estimate of drug-likeness (QED) is 0.685. The van der Waals surface area contributed by atoms with Crippen LogP contribution in [0.2, 0.25) is 0 Å². The van der Waals surface area contributed by atoms with Crippen LogP contribution in [0.1, 0.15) is 11.1 Å². The zero-order valence-electron chi connectivity index (χ0n) is 15.1. The highest BCUT2D eigenvalue weighted by Crippen LogP contribution is 2.33. The maximum Gasteiger partial charge on any atom is 0.282 e. The normalized spacial score (nSPS) is 14.0. The van der Waals surface area contributed by atoms with Crippen LogP contribution in [0.5, 0.6) is 0 Å². The molecule has 4 rings (SSSR count). The number of aryl methyl sites for hydroxylation is 1. The molecule has 0 spiro atoms. The molecular weight excluding hydrogens is 355 g/mol. The number of imide groups is 1. The van der Waals surface area contributed by atoms with Crippen LogP contribution in [-0.4, -0.2) is 11.8 Å². The first kappa shape index (κ1) is 17.7. The Labute approximate surface area is 161 Å². The van der Waals surface area contributed by atoms with Crippen LogP contribution < -0.4 is 10.2 Å². The summed E-state index contributed by atoms with van der Waals surface area (Å²) < 4.78 is 13.3. The Hall–Kier alpha value is -3.73. The minimum Gasteiger partial charge on any atom is -0.350 e. The molecule has 1 aliphatic rings. The van der Waals surface area contributed by atoms with E-state index in [1.165, 1.54) is 24.3 Å². The summed E-state index contributed by atoms with van der Waals surface area (Å²) in [7, 11) is 0. The maximum absolute atomic E-state index is 13.3. The van der Waals surface area contributed by atoms with Gasteiger partial charge >= 0.3 is 0 Å². The van der Waals surface area contributed by atoms with Crippen molar-refractivity contribution >= 4 is 28.8 Å². The van der Waals surface area contributed by atoms with Gasteiger partial charge in [-0.3, -0.25) is 9.59 Å². The third kappa shape index (κ3) is 3.18. The smallest absolute Gasteiger partial charge is 0.282 e. The van der Waals surface area contributed by atoms with Gasteiger partial charge in [0, 0.05) is 5.69 Å². The Bertz CT molecular complexity index is 1070. The zero-order valence-corrected chi connectivity index (χ0v) is 15.1. The van der Waals surface area contributed by atoms with Gasteiger partial charge in [0.15, 0.2) is 0 Å². The largest absolute Gasteiger partial charge is 0.350 e. The highest BCUT2D eigenvalue weighted by atomic mass is 19.1. The van der Waals surface area contributed by atoms with Crippen molar-refractivity contribution in [1.29, 1.82) is 0 Å². The third-order valence-corrected chi connectivity index (χ3v) is 4.55. The first-order chi connectivity index (χ1) is 13.5. The first-order valence-electron chi connectivity index (χ1n) is 8.82. The number of carbonyl (C=O) groups excluding carboxylic acids is 2. The predicted octanol–water partition coefficient (Wildman–Crippen LogP) is 4.53. The van der Waals surface area contributed by atoms with E-state index >= 15 is 0 Å². The molecule has 1 heterocycles. The number of benzene rings is 3. The molecule has 0 fully saturated rings. The van der Waals surface area contributed by atoms with Crippen molar-refractivity contribution in [3.05, 3.63) is 102 Å².